The fourth-order valence-corrected chi connectivity index (χ4v) is 6.76. The van der Waals surface area contributed by atoms with E-state index in [9.17, 15) is 4.79 Å². The summed E-state index contributed by atoms with van der Waals surface area (Å²) in [7, 11) is 1.84. The van der Waals surface area contributed by atoms with Crippen molar-refractivity contribution < 1.29 is 9.53 Å². The molecule has 146 valence electrons. The van der Waals surface area contributed by atoms with Crippen molar-refractivity contribution in [3.05, 3.63) is 29.6 Å². The molecule has 1 aliphatic heterocycles. The lowest BCUT2D eigenvalue weighted by molar-refractivity contribution is -0.170. The summed E-state index contributed by atoms with van der Waals surface area (Å²) in [6.07, 6.45) is 9.77. The first-order chi connectivity index (χ1) is 13.1. The molecule has 2 bridgehead atoms. The Bertz CT molecular complexity index is 712. The van der Waals surface area contributed by atoms with E-state index in [1.165, 1.54) is 45.1 Å². The molecule has 4 aliphatic rings. The number of piperidine rings is 1. The lowest BCUT2D eigenvalue weighted by Crippen LogP contribution is -2.59. The van der Waals surface area contributed by atoms with Gasteiger partial charge in [-0.25, -0.2) is 0 Å². The Kier molecular flexibility index (Phi) is 4.28. The number of nitrogens with zero attached hydrogens (tertiary/aromatic N) is 2. The minimum atomic E-state index is -0.467. The standard InChI is InChI=1S/C22H31N3O2/c1-27-22(17-5-6-24-20(10-17)21(23)26)18-3-2-4-19(22)13-25(12-18)11-14-7-15-9-16(15)8-14/h5-6,10,14-16,18-19H,2-4,7-9,11-13H2,1H3,(H2,23,26)/t14-,15-,16+,18?,19?,22?. The highest BCUT2D eigenvalue weighted by atomic mass is 16.5. The largest absolute Gasteiger partial charge is 0.373 e. The van der Waals surface area contributed by atoms with Gasteiger partial charge in [0.05, 0.1) is 0 Å². The molecule has 27 heavy (non-hydrogen) atoms. The van der Waals surface area contributed by atoms with Gasteiger partial charge in [0.25, 0.3) is 5.91 Å². The maximum absolute atomic E-state index is 11.7. The van der Waals surface area contributed by atoms with Crippen LogP contribution in [0.4, 0.5) is 0 Å². The second kappa shape index (κ2) is 6.56. The minimum absolute atomic E-state index is 0.306. The molecule has 1 amide bonds. The fraction of sp³-hybridized carbons (Fsp3) is 0.727. The van der Waals surface area contributed by atoms with Crippen molar-refractivity contribution in [2.45, 2.75) is 44.1 Å². The third-order valence-corrected chi connectivity index (χ3v) is 7.93. The summed E-state index contributed by atoms with van der Waals surface area (Å²) < 4.78 is 6.30. The number of pyridine rings is 1. The zero-order valence-corrected chi connectivity index (χ0v) is 16.3. The minimum Gasteiger partial charge on any atom is -0.373 e. The quantitative estimate of drug-likeness (QED) is 0.867. The molecular weight excluding hydrogens is 338 g/mol. The van der Waals surface area contributed by atoms with Gasteiger partial charge in [0.15, 0.2) is 0 Å². The summed E-state index contributed by atoms with van der Waals surface area (Å²) in [5, 5.41) is 0. The van der Waals surface area contributed by atoms with Crippen molar-refractivity contribution in [1.82, 2.24) is 9.88 Å². The third kappa shape index (κ3) is 2.90. The van der Waals surface area contributed by atoms with Gasteiger partial charge in [-0.05, 0) is 67.6 Å². The Morgan fingerprint density at radius 2 is 1.96 bits per heavy atom. The van der Waals surface area contributed by atoms with E-state index in [-0.39, 0.29) is 5.60 Å². The van der Waals surface area contributed by atoms with E-state index >= 15 is 0 Å². The van der Waals surface area contributed by atoms with E-state index in [2.05, 4.69) is 9.88 Å². The van der Waals surface area contributed by atoms with Crippen LogP contribution in [0.1, 0.15) is 54.6 Å². The van der Waals surface area contributed by atoms with Crippen LogP contribution in [0.2, 0.25) is 0 Å². The molecule has 3 saturated carbocycles. The Balaban J connectivity index is 1.40. The summed E-state index contributed by atoms with van der Waals surface area (Å²) in [5.41, 5.74) is 6.61. The van der Waals surface area contributed by atoms with E-state index in [1.54, 1.807) is 6.20 Å². The topological polar surface area (TPSA) is 68.5 Å². The molecule has 3 aliphatic carbocycles. The number of ether oxygens (including phenoxy) is 1. The van der Waals surface area contributed by atoms with Gasteiger partial charge < -0.3 is 15.4 Å². The van der Waals surface area contributed by atoms with Gasteiger partial charge in [0.2, 0.25) is 0 Å². The van der Waals surface area contributed by atoms with Crippen molar-refractivity contribution in [1.29, 1.82) is 0 Å². The van der Waals surface area contributed by atoms with Gasteiger partial charge >= 0.3 is 0 Å². The normalized spacial score (nSPS) is 40.6. The molecule has 5 heteroatoms. The highest BCUT2D eigenvalue weighted by Crippen LogP contribution is 2.55. The average Bonchev–Trinajstić information content (AvgIpc) is 3.27. The first-order valence-corrected chi connectivity index (χ1v) is 10.6. The predicted octanol–water partition coefficient (Wildman–Crippen LogP) is 2.80. The summed E-state index contributed by atoms with van der Waals surface area (Å²) in [5.74, 6) is 3.49. The van der Waals surface area contributed by atoms with E-state index < -0.39 is 5.91 Å². The monoisotopic (exact) mass is 369 g/mol. The number of fused-ring (bicyclic) bond motifs is 3. The van der Waals surface area contributed by atoms with Crippen molar-refractivity contribution in [3.8, 4) is 0 Å². The molecule has 1 saturated heterocycles. The predicted molar refractivity (Wildman–Crippen MR) is 103 cm³/mol. The molecule has 5 rings (SSSR count). The van der Waals surface area contributed by atoms with Gasteiger partial charge in [-0.3, -0.25) is 9.78 Å². The zero-order chi connectivity index (χ0) is 18.6. The number of amides is 1. The zero-order valence-electron chi connectivity index (χ0n) is 16.3. The number of hydrogen-bond acceptors (Lipinski definition) is 4. The molecule has 4 fully saturated rings. The molecule has 1 aromatic rings. The Morgan fingerprint density at radius 1 is 1.26 bits per heavy atom. The smallest absolute Gasteiger partial charge is 0.267 e. The lowest BCUT2D eigenvalue weighted by Gasteiger charge is -2.55. The van der Waals surface area contributed by atoms with Crippen molar-refractivity contribution in [3.63, 3.8) is 0 Å². The summed E-state index contributed by atoms with van der Waals surface area (Å²) in [6, 6.07) is 3.90. The number of aromatic nitrogens is 1. The van der Waals surface area contributed by atoms with Gasteiger partial charge in [0.1, 0.15) is 11.3 Å². The van der Waals surface area contributed by atoms with Crippen molar-refractivity contribution in [2.24, 2.45) is 35.3 Å². The second-order valence-electron chi connectivity index (χ2n) is 9.43. The number of carbonyl (C=O) groups is 1. The van der Waals surface area contributed by atoms with Crippen LogP contribution >= 0.6 is 0 Å². The van der Waals surface area contributed by atoms with Crippen LogP contribution in [0, 0.1) is 29.6 Å². The van der Waals surface area contributed by atoms with Crippen LogP contribution in [-0.4, -0.2) is 42.5 Å². The summed E-state index contributed by atoms with van der Waals surface area (Å²) in [4.78, 5) is 18.5. The van der Waals surface area contributed by atoms with Crippen molar-refractivity contribution >= 4 is 5.91 Å². The third-order valence-electron chi connectivity index (χ3n) is 7.93. The first-order valence-electron chi connectivity index (χ1n) is 10.6. The molecule has 5 nitrogen and oxygen atoms in total. The average molecular weight is 370 g/mol. The van der Waals surface area contributed by atoms with Gasteiger partial charge in [-0.1, -0.05) is 6.42 Å². The number of primary amides is 1. The molecular formula is C22H31N3O2. The SMILES string of the molecule is COC1(c2ccnc(C(N)=O)c2)C2CCCC1CN(C[C@@H]1C[C@@H]3C[C@@H]3C1)C2. The highest BCUT2D eigenvalue weighted by molar-refractivity contribution is 5.90. The maximum Gasteiger partial charge on any atom is 0.267 e. The number of methoxy groups -OCH3 is 1. The second-order valence-corrected chi connectivity index (χ2v) is 9.43. The van der Waals surface area contributed by atoms with Crippen LogP contribution in [0.3, 0.4) is 0 Å². The molecule has 0 aromatic carbocycles. The number of likely N-dealkylation sites (tertiary alicyclic amines) is 1. The number of hydrogen-bond donors (Lipinski definition) is 1. The van der Waals surface area contributed by atoms with E-state index in [0.29, 0.717) is 17.5 Å². The number of rotatable bonds is 5. The van der Waals surface area contributed by atoms with Crippen molar-refractivity contribution in [2.75, 3.05) is 26.7 Å². The fourth-order valence-electron chi connectivity index (χ4n) is 6.76. The molecule has 2 unspecified atom stereocenters. The highest BCUT2D eigenvalue weighted by Gasteiger charge is 2.54. The van der Waals surface area contributed by atoms with Crippen LogP contribution in [0.25, 0.3) is 0 Å². The van der Waals surface area contributed by atoms with Crippen LogP contribution in [-0.2, 0) is 10.3 Å². The summed E-state index contributed by atoms with van der Waals surface area (Å²) >= 11 is 0. The number of carbonyl (C=O) groups excluding carboxylic acids is 1. The molecule has 0 radical (unpaired) electrons. The molecule has 0 spiro atoms. The van der Waals surface area contributed by atoms with Crippen LogP contribution < -0.4 is 5.73 Å². The molecule has 1 aromatic heterocycles. The first kappa shape index (κ1) is 17.6. The van der Waals surface area contributed by atoms with Crippen LogP contribution in [0.15, 0.2) is 18.3 Å². The molecule has 2 heterocycles. The number of nitrogens with two attached hydrogens (primary N) is 1. The molecule has 2 N–H and O–H groups in total. The Labute approximate surface area is 161 Å². The summed E-state index contributed by atoms with van der Waals surface area (Å²) in [6.45, 7) is 3.47. The Morgan fingerprint density at radius 3 is 2.59 bits per heavy atom. The van der Waals surface area contributed by atoms with E-state index in [0.717, 1.165) is 36.4 Å². The van der Waals surface area contributed by atoms with Crippen LogP contribution in [0.5, 0.6) is 0 Å². The van der Waals surface area contributed by atoms with Gasteiger partial charge in [-0.2, -0.15) is 0 Å². The molecule has 5 atom stereocenters. The van der Waals surface area contributed by atoms with E-state index in [1.807, 2.05) is 19.2 Å². The van der Waals surface area contributed by atoms with Gasteiger partial charge in [0, 0.05) is 44.8 Å². The van der Waals surface area contributed by atoms with E-state index in [4.69, 9.17) is 10.5 Å². The maximum atomic E-state index is 11.7. The Hall–Kier alpha value is -1.46. The van der Waals surface area contributed by atoms with Gasteiger partial charge in [-0.15, -0.1) is 0 Å². The lowest BCUT2D eigenvalue weighted by atomic mass is 9.62.